The Morgan fingerprint density at radius 1 is 1.14 bits per heavy atom. The molecule has 3 unspecified atom stereocenters. The molecule has 84 valence electrons. The molecule has 1 rings (SSSR count). The third-order valence-electron chi connectivity index (χ3n) is 4.97. The average Bonchev–Trinajstić information content (AvgIpc) is 2.86. The standard InChI is InChI=1S/C14H28/c1-6-11(4)14(5)10-13(14)9-12(7-2)8-3/h11-13H,6-10H2,1-5H3. The van der Waals surface area contributed by atoms with Crippen LogP contribution in [0.4, 0.5) is 0 Å². The van der Waals surface area contributed by atoms with Crippen molar-refractivity contribution in [3.63, 3.8) is 0 Å². The lowest BCUT2D eigenvalue weighted by Crippen LogP contribution is -2.12. The van der Waals surface area contributed by atoms with Crippen LogP contribution in [0, 0.1) is 23.2 Å². The van der Waals surface area contributed by atoms with Crippen molar-refractivity contribution in [2.45, 2.75) is 66.7 Å². The normalized spacial score (nSPS) is 33.4. The lowest BCUT2D eigenvalue weighted by Gasteiger charge is -2.21. The first-order valence-electron chi connectivity index (χ1n) is 6.58. The molecule has 0 nitrogen and oxygen atoms in total. The maximum Gasteiger partial charge on any atom is -0.0269 e. The van der Waals surface area contributed by atoms with E-state index < -0.39 is 0 Å². The fourth-order valence-electron chi connectivity index (χ4n) is 2.92. The van der Waals surface area contributed by atoms with E-state index in [0.717, 1.165) is 17.8 Å². The van der Waals surface area contributed by atoms with Gasteiger partial charge in [0, 0.05) is 0 Å². The minimum absolute atomic E-state index is 0.706. The molecule has 0 N–H and O–H groups in total. The maximum atomic E-state index is 2.51. The molecule has 0 radical (unpaired) electrons. The van der Waals surface area contributed by atoms with Crippen molar-refractivity contribution < 1.29 is 0 Å². The Morgan fingerprint density at radius 2 is 1.71 bits per heavy atom. The highest BCUT2D eigenvalue weighted by Crippen LogP contribution is 2.61. The molecule has 0 heterocycles. The van der Waals surface area contributed by atoms with Crippen LogP contribution in [0.25, 0.3) is 0 Å². The largest absolute Gasteiger partial charge is 0.0651 e. The topological polar surface area (TPSA) is 0 Å². The van der Waals surface area contributed by atoms with Gasteiger partial charge < -0.3 is 0 Å². The molecular formula is C14H28. The van der Waals surface area contributed by atoms with Gasteiger partial charge in [-0.05, 0) is 36.0 Å². The summed E-state index contributed by atoms with van der Waals surface area (Å²) in [6, 6.07) is 0. The van der Waals surface area contributed by atoms with Crippen molar-refractivity contribution in [2.24, 2.45) is 23.2 Å². The Morgan fingerprint density at radius 3 is 2.14 bits per heavy atom. The van der Waals surface area contributed by atoms with Gasteiger partial charge in [-0.3, -0.25) is 0 Å². The molecule has 0 aromatic rings. The Balaban J connectivity index is 2.37. The molecule has 0 saturated heterocycles. The van der Waals surface area contributed by atoms with Crippen molar-refractivity contribution in [3.8, 4) is 0 Å². The third kappa shape index (κ3) is 2.32. The van der Waals surface area contributed by atoms with Crippen LogP contribution in [0.15, 0.2) is 0 Å². The van der Waals surface area contributed by atoms with Gasteiger partial charge in [0.05, 0.1) is 0 Å². The van der Waals surface area contributed by atoms with E-state index in [-0.39, 0.29) is 0 Å². The van der Waals surface area contributed by atoms with Crippen LogP contribution < -0.4 is 0 Å². The van der Waals surface area contributed by atoms with Crippen LogP contribution in [-0.4, -0.2) is 0 Å². The van der Waals surface area contributed by atoms with Gasteiger partial charge in [-0.25, -0.2) is 0 Å². The van der Waals surface area contributed by atoms with Crippen LogP contribution in [0.5, 0.6) is 0 Å². The summed E-state index contributed by atoms with van der Waals surface area (Å²) in [7, 11) is 0. The van der Waals surface area contributed by atoms with Crippen LogP contribution in [0.2, 0.25) is 0 Å². The number of rotatable bonds is 6. The zero-order chi connectivity index (χ0) is 10.8. The van der Waals surface area contributed by atoms with Crippen LogP contribution in [-0.2, 0) is 0 Å². The predicted molar refractivity (Wildman–Crippen MR) is 64.4 cm³/mol. The molecule has 14 heavy (non-hydrogen) atoms. The van der Waals surface area contributed by atoms with Gasteiger partial charge in [-0.15, -0.1) is 0 Å². The fourth-order valence-corrected chi connectivity index (χ4v) is 2.92. The van der Waals surface area contributed by atoms with E-state index in [1.54, 1.807) is 0 Å². The first-order chi connectivity index (χ1) is 6.58. The van der Waals surface area contributed by atoms with Gasteiger partial charge in [0.2, 0.25) is 0 Å². The minimum Gasteiger partial charge on any atom is -0.0651 e. The first-order valence-corrected chi connectivity index (χ1v) is 6.58. The third-order valence-corrected chi connectivity index (χ3v) is 4.97. The molecule has 1 fully saturated rings. The molecule has 3 atom stereocenters. The molecule has 1 saturated carbocycles. The van der Waals surface area contributed by atoms with E-state index in [9.17, 15) is 0 Å². The lowest BCUT2D eigenvalue weighted by atomic mass is 9.85. The van der Waals surface area contributed by atoms with E-state index in [2.05, 4.69) is 34.6 Å². The molecule has 0 aliphatic heterocycles. The molecule has 0 aromatic heterocycles. The van der Waals surface area contributed by atoms with Crippen LogP contribution in [0.1, 0.15) is 66.7 Å². The highest BCUT2D eigenvalue weighted by Gasteiger charge is 2.52. The van der Waals surface area contributed by atoms with E-state index >= 15 is 0 Å². The monoisotopic (exact) mass is 196 g/mol. The van der Waals surface area contributed by atoms with Crippen molar-refractivity contribution in [1.29, 1.82) is 0 Å². The maximum absolute atomic E-state index is 2.51. The van der Waals surface area contributed by atoms with Gasteiger partial charge in [0.1, 0.15) is 0 Å². The summed E-state index contributed by atoms with van der Waals surface area (Å²) in [5.74, 6) is 2.97. The van der Waals surface area contributed by atoms with Crippen molar-refractivity contribution >= 4 is 0 Å². The SMILES string of the molecule is CCC(CC)CC1CC1(C)C(C)CC. The molecule has 0 amide bonds. The molecule has 0 spiro atoms. The molecule has 0 bridgehead atoms. The lowest BCUT2D eigenvalue weighted by molar-refractivity contribution is 0.292. The summed E-state index contributed by atoms with van der Waals surface area (Å²) < 4.78 is 0. The van der Waals surface area contributed by atoms with Crippen LogP contribution >= 0.6 is 0 Å². The summed E-state index contributed by atoms with van der Waals surface area (Å²) in [5.41, 5.74) is 0.706. The molecule has 0 heteroatoms. The first kappa shape index (κ1) is 12.1. The van der Waals surface area contributed by atoms with Gasteiger partial charge in [0.15, 0.2) is 0 Å². The van der Waals surface area contributed by atoms with E-state index in [1.165, 1.54) is 32.1 Å². The Labute approximate surface area is 90.5 Å². The number of hydrogen-bond acceptors (Lipinski definition) is 0. The summed E-state index contributed by atoms with van der Waals surface area (Å²) in [4.78, 5) is 0. The van der Waals surface area contributed by atoms with Gasteiger partial charge in [-0.2, -0.15) is 0 Å². The summed E-state index contributed by atoms with van der Waals surface area (Å²) in [5, 5.41) is 0. The Hall–Kier alpha value is 0. The second-order valence-electron chi connectivity index (χ2n) is 5.63. The van der Waals surface area contributed by atoms with E-state index in [0.29, 0.717) is 5.41 Å². The quantitative estimate of drug-likeness (QED) is 0.567. The zero-order valence-electron chi connectivity index (χ0n) is 10.8. The highest BCUT2D eigenvalue weighted by atomic mass is 14.6. The van der Waals surface area contributed by atoms with Crippen molar-refractivity contribution in [1.82, 2.24) is 0 Å². The molecular weight excluding hydrogens is 168 g/mol. The van der Waals surface area contributed by atoms with Crippen molar-refractivity contribution in [3.05, 3.63) is 0 Å². The average molecular weight is 196 g/mol. The number of hydrogen-bond donors (Lipinski definition) is 0. The summed E-state index contributed by atoms with van der Waals surface area (Å²) in [6.07, 6.45) is 7.11. The minimum atomic E-state index is 0.706. The second kappa shape index (κ2) is 4.68. The van der Waals surface area contributed by atoms with Gasteiger partial charge in [0.25, 0.3) is 0 Å². The van der Waals surface area contributed by atoms with Gasteiger partial charge in [-0.1, -0.05) is 53.9 Å². The summed E-state index contributed by atoms with van der Waals surface area (Å²) in [6.45, 7) is 12.0. The van der Waals surface area contributed by atoms with E-state index in [1.807, 2.05) is 0 Å². The van der Waals surface area contributed by atoms with Crippen LogP contribution in [0.3, 0.4) is 0 Å². The second-order valence-corrected chi connectivity index (χ2v) is 5.63. The smallest absolute Gasteiger partial charge is 0.0269 e. The van der Waals surface area contributed by atoms with Gasteiger partial charge >= 0.3 is 0 Å². The highest BCUT2D eigenvalue weighted by molar-refractivity contribution is 5.01. The predicted octanol–water partition coefficient (Wildman–Crippen LogP) is 4.89. The molecule has 1 aliphatic rings. The molecule has 0 aromatic carbocycles. The Bertz CT molecular complexity index is 169. The molecule has 1 aliphatic carbocycles. The fraction of sp³-hybridized carbons (Fsp3) is 1.00. The zero-order valence-corrected chi connectivity index (χ0v) is 10.8. The van der Waals surface area contributed by atoms with E-state index in [4.69, 9.17) is 0 Å². The summed E-state index contributed by atoms with van der Waals surface area (Å²) >= 11 is 0. The van der Waals surface area contributed by atoms with Crippen molar-refractivity contribution in [2.75, 3.05) is 0 Å². The Kier molecular flexibility index (Phi) is 4.04.